The number of hydrogen-bond donors (Lipinski definition) is 3. The Kier molecular flexibility index (Phi) is 19.9. The molecule has 3 atom stereocenters. The first kappa shape index (κ1) is 34.2. The van der Waals surface area contributed by atoms with E-state index in [1.165, 1.54) is 44.9 Å². The molecule has 3 N–H and O–H groups in total. The number of nitrogens with zero attached hydrogens (tertiary/aromatic N) is 1. The minimum Gasteiger partial charge on any atom is -0.387 e. The largest absolute Gasteiger partial charge is 0.472 e. The van der Waals surface area contributed by atoms with Crippen LogP contribution in [0.4, 0.5) is 0 Å². The first-order chi connectivity index (χ1) is 16.5. The second-order valence-electron chi connectivity index (χ2n) is 10.4. The molecule has 0 bridgehead atoms. The lowest BCUT2D eigenvalue weighted by molar-refractivity contribution is -0.870. The Balaban J connectivity index is 4.54. The average molecular weight is 522 g/mol. The highest BCUT2D eigenvalue weighted by atomic mass is 31.2. The summed E-state index contributed by atoms with van der Waals surface area (Å²) in [7, 11) is 1.56. The third-order valence-corrected chi connectivity index (χ3v) is 6.74. The zero-order valence-electron chi connectivity index (χ0n) is 23.0. The molecule has 0 aromatic carbocycles. The zero-order valence-corrected chi connectivity index (χ0v) is 23.9. The van der Waals surface area contributed by atoms with Crippen LogP contribution in [0.2, 0.25) is 0 Å². The van der Waals surface area contributed by atoms with Crippen molar-refractivity contribution in [2.75, 3.05) is 40.9 Å². The molecule has 0 fully saturated rings. The molecule has 0 spiro atoms. The van der Waals surface area contributed by atoms with Crippen LogP contribution in [0.1, 0.15) is 97.3 Å². The minimum atomic E-state index is -4.29. The Labute approximate surface area is 214 Å². The summed E-state index contributed by atoms with van der Waals surface area (Å²) in [5.41, 5.74) is 0. The summed E-state index contributed by atoms with van der Waals surface area (Å²) in [4.78, 5) is 22.2. The molecule has 0 rings (SSSR count). The van der Waals surface area contributed by atoms with Gasteiger partial charge in [0.2, 0.25) is 5.91 Å². The Hall–Kier alpha value is -0.760. The monoisotopic (exact) mass is 521 g/mol. The van der Waals surface area contributed by atoms with Crippen LogP contribution in [-0.2, 0) is 18.4 Å². The first-order valence-corrected chi connectivity index (χ1v) is 15.1. The number of likely N-dealkylation sites (N-methyl/N-ethyl adjacent to an activating group) is 1. The number of aliphatic hydroxyl groups is 1. The number of nitrogens with one attached hydrogen (secondary N) is 1. The van der Waals surface area contributed by atoms with Crippen molar-refractivity contribution >= 4 is 13.7 Å². The third-order valence-electron chi connectivity index (χ3n) is 5.76. The standard InChI is InChI=1S/C26H53N2O6P/c1-6-8-10-11-12-13-14-15-16-17-18-19-25(29)24(27-26(30)20-9-7-2)23-34-35(31,32)33-22-21-28(3,4)5/h18-19,24-25,29H,6-17,20-23H2,1-5H3,(H-,27,30,31,32)/p+1/b19-18+. The van der Waals surface area contributed by atoms with Crippen LogP contribution >= 0.6 is 7.82 Å². The molecule has 0 aromatic heterocycles. The Bertz CT molecular complexity index is 609. The van der Waals surface area contributed by atoms with E-state index in [0.29, 0.717) is 17.4 Å². The maximum absolute atomic E-state index is 12.2. The van der Waals surface area contributed by atoms with Crippen molar-refractivity contribution in [3.8, 4) is 0 Å². The summed E-state index contributed by atoms with van der Waals surface area (Å²) in [6.45, 7) is 4.50. The number of hydrogen-bond acceptors (Lipinski definition) is 5. The predicted octanol–water partition coefficient (Wildman–Crippen LogP) is 5.34. The predicted molar refractivity (Wildman–Crippen MR) is 143 cm³/mol. The van der Waals surface area contributed by atoms with Crippen molar-refractivity contribution in [3.63, 3.8) is 0 Å². The van der Waals surface area contributed by atoms with Crippen LogP contribution in [0.5, 0.6) is 0 Å². The van der Waals surface area contributed by atoms with Gasteiger partial charge in [0.05, 0.1) is 39.9 Å². The van der Waals surface area contributed by atoms with Crippen molar-refractivity contribution in [1.82, 2.24) is 5.32 Å². The number of phosphoric ester groups is 1. The quantitative estimate of drug-likeness (QED) is 0.0726. The van der Waals surface area contributed by atoms with Gasteiger partial charge in [0.1, 0.15) is 13.2 Å². The van der Waals surface area contributed by atoms with E-state index in [2.05, 4.69) is 12.2 Å². The molecule has 1 amide bonds. The van der Waals surface area contributed by atoms with E-state index in [1.807, 2.05) is 34.1 Å². The molecular formula is C26H54N2O6P+. The lowest BCUT2D eigenvalue weighted by Crippen LogP contribution is -2.45. The first-order valence-electron chi connectivity index (χ1n) is 13.6. The lowest BCUT2D eigenvalue weighted by atomic mass is 10.1. The third kappa shape index (κ3) is 22.2. The molecule has 0 heterocycles. The lowest BCUT2D eigenvalue weighted by Gasteiger charge is -2.25. The average Bonchev–Trinajstić information content (AvgIpc) is 2.77. The van der Waals surface area contributed by atoms with Gasteiger partial charge in [-0.15, -0.1) is 0 Å². The number of rotatable bonds is 23. The number of carbonyl (C=O) groups excluding carboxylic acids is 1. The minimum absolute atomic E-state index is 0.0615. The fourth-order valence-corrected chi connectivity index (χ4v) is 4.16. The van der Waals surface area contributed by atoms with Gasteiger partial charge in [-0.2, -0.15) is 0 Å². The summed E-state index contributed by atoms with van der Waals surface area (Å²) < 4.78 is 23.0. The van der Waals surface area contributed by atoms with E-state index in [4.69, 9.17) is 9.05 Å². The molecule has 8 nitrogen and oxygen atoms in total. The Morgan fingerprint density at radius 2 is 1.51 bits per heavy atom. The summed E-state index contributed by atoms with van der Waals surface area (Å²) in [6, 6.07) is -0.832. The van der Waals surface area contributed by atoms with Crippen LogP contribution in [0, 0.1) is 0 Å². The zero-order chi connectivity index (χ0) is 26.6. The normalized spacial score (nSPS) is 15.7. The molecule has 208 valence electrons. The number of phosphoric acid groups is 1. The second kappa shape index (κ2) is 20.3. The highest BCUT2D eigenvalue weighted by Crippen LogP contribution is 2.43. The van der Waals surface area contributed by atoms with Gasteiger partial charge in [0.25, 0.3) is 0 Å². The van der Waals surface area contributed by atoms with E-state index >= 15 is 0 Å². The van der Waals surface area contributed by atoms with E-state index in [1.54, 1.807) is 6.08 Å². The van der Waals surface area contributed by atoms with Crippen molar-refractivity contribution in [3.05, 3.63) is 12.2 Å². The van der Waals surface area contributed by atoms with Crippen LogP contribution in [0.15, 0.2) is 12.2 Å². The van der Waals surface area contributed by atoms with Gasteiger partial charge >= 0.3 is 7.82 Å². The molecule has 3 unspecified atom stereocenters. The number of carbonyl (C=O) groups is 1. The van der Waals surface area contributed by atoms with Crippen LogP contribution in [0.3, 0.4) is 0 Å². The summed E-state index contributed by atoms with van der Waals surface area (Å²) in [5, 5.41) is 13.3. The number of unbranched alkanes of at least 4 members (excludes halogenated alkanes) is 10. The number of amides is 1. The van der Waals surface area contributed by atoms with Gasteiger partial charge in [-0.25, -0.2) is 4.57 Å². The molecule has 0 radical (unpaired) electrons. The van der Waals surface area contributed by atoms with Crippen molar-refractivity contribution in [2.45, 2.75) is 109 Å². The molecule has 0 saturated heterocycles. The fraction of sp³-hybridized carbons (Fsp3) is 0.885. The van der Waals surface area contributed by atoms with Crippen LogP contribution in [-0.4, -0.2) is 73.4 Å². The summed E-state index contributed by atoms with van der Waals surface area (Å²) in [5.74, 6) is -0.217. The van der Waals surface area contributed by atoms with Crippen LogP contribution in [0.25, 0.3) is 0 Å². The number of aliphatic hydroxyl groups excluding tert-OH is 1. The molecular weight excluding hydrogens is 467 g/mol. The van der Waals surface area contributed by atoms with E-state index in [0.717, 1.165) is 32.1 Å². The summed E-state index contributed by atoms with van der Waals surface area (Å²) >= 11 is 0. The van der Waals surface area contributed by atoms with Gasteiger partial charge in [0.15, 0.2) is 0 Å². The number of allylic oxidation sites excluding steroid dienone is 1. The molecule has 0 saturated carbocycles. The summed E-state index contributed by atoms with van der Waals surface area (Å²) in [6.07, 6.45) is 16.6. The van der Waals surface area contributed by atoms with E-state index in [-0.39, 0.29) is 19.1 Å². The van der Waals surface area contributed by atoms with Crippen molar-refractivity contribution < 1.29 is 32.9 Å². The van der Waals surface area contributed by atoms with E-state index < -0.39 is 20.0 Å². The molecule has 0 aliphatic heterocycles. The maximum Gasteiger partial charge on any atom is 0.472 e. The van der Waals surface area contributed by atoms with Crippen molar-refractivity contribution in [2.24, 2.45) is 0 Å². The molecule has 0 aliphatic carbocycles. The molecule has 9 heteroatoms. The highest BCUT2D eigenvalue weighted by Gasteiger charge is 2.27. The fourth-order valence-electron chi connectivity index (χ4n) is 3.43. The second-order valence-corrected chi connectivity index (χ2v) is 11.9. The molecule has 35 heavy (non-hydrogen) atoms. The van der Waals surface area contributed by atoms with Gasteiger partial charge in [0, 0.05) is 6.42 Å². The highest BCUT2D eigenvalue weighted by molar-refractivity contribution is 7.47. The van der Waals surface area contributed by atoms with Gasteiger partial charge in [-0.1, -0.05) is 83.8 Å². The maximum atomic E-state index is 12.2. The number of quaternary nitrogens is 1. The molecule has 0 aliphatic rings. The van der Waals surface area contributed by atoms with E-state index in [9.17, 15) is 19.4 Å². The van der Waals surface area contributed by atoms with Gasteiger partial charge < -0.3 is 19.8 Å². The SMILES string of the molecule is CCCCCCCCCCC/C=C/C(O)C(COP(=O)(O)OCC[N+](C)(C)C)NC(=O)CCCC. The Morgan fingerprint density at radius 3 is 2.09 bits per heavy atom. The molecule has 0 aromatic rings. The van der Waals surface area contributed by atoms with Gasteiger partial charge in [-0.3, -0.25) is 13.8 Å². The van der Waals surface area contributed by atoms with Crippen LogP contribution < -0.4 is 5.32 Å². The van der Waals surface area contributed by atoms with Crippen molar-refractivity contribution in [1.29, 1.82) is 0 Å². The topological polar surface area (TPSA) is 105 Å². The van der Waals surface area contributed by atoms with Gasteiger partial charge in [-0.05, 0) is 19.3 Å². The Morgan fingerprint density at radius 1 is 0.943 bits per heavy atom. The smallest absolute Gasteiger partial charge is 0.387 e.